The van der Waals surface area contributed by atoms with Crippen molar-refractivity contribution in [2.24, 2.45) is 0 Å². The Bertz CT molecular complexity index is 1170. The van der Waals surface area contributed by atoms with Gasteiger partial charge in [-0.3, -0.25) is 9.25 Å². The van der Waals surface area contributed by atoms with Gasteiger partial charge >= 0.3 is 0 Å². The second kappa shape index (κ2) is 13.8. The van der Waals surface area contributed by atoms with Crippen LogP contribution >= 0.6 is 11.6 Å². The van der Waals surface area contributed by atoms with Crippen molar-refractivity contribution in [3.8, 4) is 0 Å². The molecule has 0 spiro atoms. The van der Waals surface area contributed by atoms with Gasteiger partial charge in [-0.25, -0.2) is 4.98 Å². The van der Waals surface area contributed by atoms with Crippen LogP contribution in [0.25, 0.3) is 11.2 Å². The van der Waals surface area contributed by atoms with Gasteiger partial charge in [0.25, 0.3) is 0 Å². The van der Waals surface area contributed by atoms with Crippen molar-refractivity contribution in [1.82, 2.24) is 44.3 Å². The zero-order valence-electron chi connectivity index (χ0n) is 23.4. The molecule has 2 fully saturated rings. The molecule has 1 N–H and O–H groups in total. The number of halogens is 1. The first-order chi connectivity index (χ1) is 19.1. The van der Waals surface area contributed by atoms with Crippen LogP contribution in [0.1, 0.15) is 76.1 Å². The zero-order chi connectivity index (χ0) is 27.0. The second-order valence-electron chi connectivity index (χ2n) is 11.1. The fourth-order valence-corrected chi connectivity index (χ4v) is 5.94. The molecule has 1 aliphatic heterocycles. The van der Waals surface area contributed by atoms with E-state index in [2.05, 4.69) is 54.5 Å². The average molecular weight is 559 g/mol. The van der Waals surface area contributed by atoms with Crippen LogP contribution in [0.3, 0.4) is 0 Å². The largest absolute Gasteiger partial charge is 0.362 e. The molecular formula is C27H43ClN10O. The molecule has 1 saturated heterocycles. The quantitative estimate of drug-likeness (QED) is 0.306. The Morgan fingerprint density at radius 2 is 1.85 bits per heavy atom. The van der Waals surface area contributed by atoms with E-state index < -0.39 is 0 Å². The first kappa shape index (κ1) is 28.2. The van der Waals surface area contributed by atoms with E-state index in [1.54, 1.807) is 6.33 Å². The van der Waals surface area contributed by atoms with Crippen LogP contribution in [0.2, 0.25) is 5.28 Å². The van der Waals surface area contributed by atoms with Crippen LogP contribution < -0.4 is 5.32 Å². The Kier molecular flexibility index (Phi) is 10.00. The van der Waals surface area contributed by atoms with Crippen LogP contribution in [0, 0.1) is 0 Å². The summed E-state index contributed by atoms with van der Waals surface area (Å²) in [4.78, 5) is 18.4. The van der Waals surface area contributed by atoms with Crippen molar-refractivity contribution in [2.75, 3.05) is 45.7 Å². The monoisotopic (exact) mass is 558 g/mol. The first-order valence-electron chi connectivity index (χ1n) is 14.6. The Balaban J connectivity index is 1.05. The lowest BCUT2D eigenvalue weighted by atomic mass is 9.94. The maximum absolute atomic E-state index is 6.26. The zero-order valence-corrected chi connectivity index (χ0v) is 24.2. The van der Waals surface area contributed by atoms with Gasteiger partial charge in [0.15, 0.2) is 17.0 Å². The van der Waals surface area contributed by atoms with Crippen molar-refractivity contribution in [3.05, 3.63) is 23.5 Å². The van der Waals surface area contributed by atoms with Crippen LogP contribution in [0.5, 0.6) is 0 Å². The van der Waals surface area contributed by atoms with E-state index in [1.165, 1.54) is 45.1 Å². The third-order valence-electron chi connectivity index (χ3n) is 8.06. The van der Waals surface area contributed by atoms with Gasteiger partial charge in [-0.15, -0.1) is 5.10 Å². The normalized spacial score (nSPS) is 18.9. The van der Waals surface area contributed by atoms with Crippen molar-refractivity contribution in [3.63, 3.8) is 0 Å². The Hall–Kier alpha value is -2.34. The SMILES string of the molecule is CN(CCCN(C)C1CCCCC1)CCCn1cc(CNc2nc(Cl)nc3c2ncn3C2CCCCO2)nn1. The highest BCUT2D eigenvalue weighted by molar-refractivity contribution is 6.28. The van der Waals surface area contributed by atoms with Crippen LogP contribution in [-0.4, -0.2) is 90.7 Å². The average Bonchev–Trinajstić information content (AvgIpc) is 3.59. The summed E-state index contributed by atoms with van der Waals surface area (Å²) >= 11 is 6.26. The predicted molar refractivity (Wildman–Crippen MR) is 153 cm³/mol. The van der Waals surface area contributed by atoms with Crippen molar-refractivity contribution < 1.29 is 4.74 Å². The van der Waals surface area contributed by atoms with E-state index >= 15 is 0 Å². The number of nitrogens with one attached hydrogen (secondary N) is 1. The number of imidazole rings is 1. The third kappa shape index (κ3) is 7.65. The molecule has 0 amide bonds. The molecule has 11 nitrogen and oxygen atoms in total. The van der Waals surface area contributed by atoms with Gasteiger partial charge < -0.3 is 19.9 Å². The number of nitrogens with zero attached hydrogens (tertiary/aromatic N) is 9. The lowest BCUT2D eigenvalue weighted by Gasteiger charge is -2.31. The van der Waals surface area contributed by atoms with Crippen LogP contribution in [-0.2, 0) is 17.8 Å². The minimum Gasteiger partial charge on any atom is -0.362 e. The number of ether oxygens (including phenoxy) is 1. The van der Waals surface area contributed by atoms with Crippen LogP contribution in [0.4, 0.5) is 5.82 Å². The molecule has 1 saturated carbocycles. The van der Waals surface area contributed by atoms with Crippen molar-refractivity contribution in [1.29, 1.82) is 0 Å². The summed E-state index contributed by atoms with van der Waals surface area (Å²) < 4.78 is 9.78. The van der Waals surface area contributed by atoms with Crippen molar-refractivity contribution >= 4 is 28.6 Å². The molecule has 3 aromatic rings. The summed E-state index contributed by atoms with van der Waals surface area (Å²) in [6.45, 7) is 5.43. The maximum Gasteiger partial charge on any atom is 0.226 e. The molecule has 3 aromatic heterocycles. The van der Waals surface area contributed by atoms with E-state index in [1.807, 2.05) is 15.4 Å². The molecule has 1 aliphatic carbocycles. The summed E-state index contributed by atoms with van der Waals surface area (Å²) in [5.41, 5.74) is 2.19. The number of aromatic nitrogens is 7. The number of hydrogen-bond donors (Lipinski definition) is 1. The number of hydrogen-bond acceptors (Lipinski definition) is 9. The molecule has 1 unspecified atom stereocenters. The van der Waals surface area contributed by atoms with Gasteiger partial charge in [-0.2, -0.15) is 9.97 Å². The first-order valence-corrected chi connectivity index (χ1v) is 15.0. The van der Waals surface area contributed by atoms with Gasteiger partial charge in [0.05, 0.1) is 19.1 Å². The molecule has 0 radical (unpaired) electrons. The smallest absolute Gasteiger partial charge is 0.226 e. The van der Waals surface area contributed by atoms with E-state index in [0.29, 0.717) is 23.5 Å². The van der Waals surface area contributed by atoms with E-state index in [0.717, 1.165) is 63.7 Å². The van der Waals surface area contributed by atoms with E-state index in [4.69, 9.17) is 16.3 Å². The van der Waals surface area contributed by atoms with E-state index in [9.17, 15) is 0 Å². The highest BCUT2D eigenvalue weighted by Crippen LogP contribution is 2.28. The minimum atomic E-state index is -0.0654. The van der Waals surface area contributed by atoms with Gasteiger partial charge in [-0.1, -0.05) is 24.5 Å². The molecule has 0 aromatic carbocycles. The summed E-state index contributed by atoms with van der Waals surface area (Å²) in [6.07, 6.45) is 16.0. The molecule has 0 bridgehead atoms. The van der Waals surface area contributed by atoms with Gasteiger partial charge in [-0.05, 0) is 90.3 Å². The number of aryl methyl sites for hydroxylation is 1. The molecule has 12 heteroatoms. The maximum atomic E-state index is 6.26. The minimum absolute atomic E-state index is 0.0654. The number of rotatable bonds is 13. The van der Waals surface area contributed by atoms with Crippen LogP contribution in [0.15, 0.2) is 12.5 Å². The third-order valence-corrected chi connectivity index (χ3v) is 8.23. The second-order valence-corrected chi connectivity index (χ2v) is 11.4. The van der Waals surface area contributed by atoms with Gasteiger partial charge in [0.1, 0.15) is 11.9 Å². The molecule has 214 valence electrons. The number of anilines is 1. The Morgan fingerprint density at radius 1 is 1.03 bits per heavy atom. The molecule has 5 rings (SSSR count). The fraction of sp³-hybridized carbons (Fsp3) is 0.741. The molecule has 39 heavy (non-hydrogen) atoms. The molecular weight excluding hydrogens is 516 g/mol. The summed E-state index contributed by atoms with van der Waals surface area (Å²) in [5, 5.41) is 12.1. The summed E-state index contributed by atoms with van der Waals surface area (Å²) in [7, 11) is 4.51. The fourth-order valence-electron chi connectivity index (χ4n) is 5.78. The van der Waals surface area contributed by atoms with Crippen molar-refractivity contribution in [2.45, 2.75) is 89.6 Å². The molecule has 1 atom stereocenters. The summed E-state index contributed by atoms with van der Waals surface area (Å²) in [5.74, 6) is 0.588. The number of fused-ring (bicyclic) bond motifs is 1. The molecule has 2 aliphatic rings. The predicted octanol–water partition coefficient (Wildman–Crippen LogP) is 4.36. The highest BCUT2D eigenvalue weighted by Gasteiger charge is 2.21. The Morgan fingerprint density at radius 3 is 2.67 bits per heavy atom. The lowest BCUT2D eigenvalue weighted by molar-refractivity contribution is -0.0298. The van der Waals surface area contributed by atoms with E-state index in [-0.39, 0.29) is 11.5 Å². The van der Waals surface area contributed by atoms with Gasteiger partial charge in [0, 0.05) is 19.2 Å². The molecule has 4 heterocycles. The summed E-state index contributed by atoms with van der Waals surface area (Å²) in [6, 6.07) is 0.797. The Labute approximate surface area is 236 Å². The lowest BCUT2D eigenvalue weighted by Crippen LogP contribution is -2.35. The topological polar surface area (TPSA) is 102 Å². The highest BCUT2D eigenvalue weighted by atomic mass is 35.5. The standard InChI is InChI=1S/C27H43ClN10O/c1-35(13-8-15-36(2)22-10-4-3-5-11-22)14-9-16-37-19-21(33-34-37)18-29-25-24-26(32-27(28)31-25)38(20-30-24)23-12-6-7-17-39-23/h19-20,22-23H,3-18H2,1-2H3,(H,29,31,32). The van der Waals surface area contributed by atoms with Gasteiger partial charge in [0.2, 0.25) is 5.28 Å².